The van der Waals surface area contributed by atoms with Gasteiger partial charge in [0.1, 0.15) is 11.6 Å². The molecule has 0 radical (unpaired) electrons. The van der Waals surface area contributed by atoms with E-state index in [1.54, 1.807) is 4.68 Å². The first-order valence-corrected chi connectivity index (χ1v) is 21.5. The smallest absolute Gasteiger partial charge is 0.329 e. The number of ether oxygens (including phenoxy) is 2. The van der Waals surface area contributed by atoms with Crippen molar-refractivity contribution in [2.45, 2.75) is 62.6 Å². The number of aromatic nitrogens is 2. The maximum atomic E-state index is 16.2. The number of nitrogens with one attached hydrogen (secondary N) is 2. The summed E-state index contributed by atoms with van der Waals surface area (Å²) in [5, 5.41) is 11.4. The van der Waals surface area contributed by atoms with Crippen LogP contribution in [0.15, 0.2) is 66.7 Å². The Balaban J connectivity index is 0.876. The van der Waals surface area contributed by atoms with Gasteiger partial charge in [-0.25, -0.2) is 13.6 Å². The van der Waals surface area contributed by atoms with E-state index < -0.39 is 35.1 Å². The number of rotatable bonds is 10. The van der Waals surface area contributed by atoms with Crippen LogP contribution in [0.2, 0.25) is 5.02 Å². The summed E-state index contributed by atoms with van der Waals surface area (Å²) in [6.45, 7) is 6.34. The summed E-state index contributed by atoms with van der Waals surface area (Å²) in [5.74, 6) is -2.68. The van der Waals surface area contributed by atoms with Crippen LogP contribution in [-0.2, 0) is 17.4 Å². The lowest BCUT2D eigenvalue weighted by Crippen LogP contribution is -2.53. The highest BCUT2D eigenvalue weighted by atomic mass is 35.5. The quantitative estimate of drug-likeness (QED) is 0.137. The predicted molar refractivity (Wildman–Crippen MR) is 233 cm³/mol. The molecule has 0 aliphatic carbocycles. The number of aryl methyl sites for hydroxylation is 1. The number of nitrogens with two attached hydrogens (primary N) is 1. The van der Waals surface area contributed by atoms with Gasteiger partial charge in [0.15, 0.2) is 23.0 Å². The molecule has 4 amide bonds. The number of fused-ring (bicyclic) bond motifs is 2. The maximum absolute atomic E-state index is 16.2. The van der Waals surface area contributed by atoms with Gasteiger partial charge in [-0.1, -0.05) is 48.9 Å². The second-order valence-electron chi connectivity index (χ2n) is 16.7. The number of urea groups is 1. The summed E-state index contributed by atoms with van der Waals surface area (Å²) in [5.41, 5.74) is 7.74. The predicted octanol–water partition coefficient (Wildman–Crippen LogP) is 6.84. The van der Waals surface area contributed by atoms with Crippen molar-refractivity contribution in [2.24, 2.45) is 12.8 Å². The normalized spacial score (nSPS) is 21.3. The molecule has 9 rings (SSSR count). The molecule has 3 saturated heterocycles. The van der Waals surface area contributed by atoms with Crippen LogP contribution in [0.25, 0.3) is 22.0 Å². The molecule has 0 bridgehead atoms. The average molecular weight is 867 g/mol. The lowest BCUT2D eigenvalue weighted by molar-refractivity contribution is -0.120. The molecule has 0 saturated carbocycles. The number of halogens is 3. The van der Waals surface area contributed by atoms with E-state index in [1.165, 1.54) is 30.2 Å². The van der Waals surface area contributed by atoms with Crippen molar-refractivity contribution in [3.05, 3.63) is 100 Å². The summed E-state index contributed by atoms with van der Waals surface area (Å²) >= 11 is 6.70. The molecule has 0 spiro atoms. The van der Waals surface area contributed by atoms with Crippen molar-refractivity contribution in [3.8, 4) is 22.6 Å². The Labute approximate surface area is 363 Å². The maximum Gasteiger partial charge on any atom is 0.329 e. The molecule has 0 unspecified atom stereocenters. The van der Waals surface area contributed by atoms with E-state index in [-0.39, 0.29) is 51.6 Å². The summed E-state index contributed by atoms with van der Waals surface area (Å²) < 4.78 is 45.8. The highest BCUT2D eigenvalue weighted by molar-refractivity contribution is 6.34. The molecule has 4 aliphatic heterocycles. The van der Waals surface area contributed by atoms with Crippen molar-refractivity contribution < 1.29 is 32.6 Å². The summed E-state index contributed by atoms with van der Waals surface area (Å²) in [6.07, 6.45) is 4.16. The lowest BCUT2D eigenvalue weighted by Gasteiger charge is -2.43. The van der Waals surface area contributed by atoms with Crippen molar-refractivity contribution in [1.29, 1.82) is 0 Å². The molecule has 324 valence electrons. The van der Waals surface area contributed by atoms with Gasteiger partial charge in [0.2, 0.25) is 11.8 Å². The first-order chi connectivity index (χ1) is 29.9. The second kappa shape index (κ2) is 16.5. The molecule has 3 fully saturated rings. The van der Waals surface area contributed by atoms with E-state index in [0.717, 1.165) is 74.0 Å². The van der Waals surface area contributed by atoms with Gasteiger partial charge in [-0.3, -0.25) is 24.5 Å². The van der Waals surface area contributed by atoms with Crippen molar-refractivity contribution in [2.75, 3.05) is 56.2 Å². The molecule has 4 aliphatic rings. The number of carbonyl (C=O) groups excluding carboxylic acids is 3. The number of primary amides is 1. The highest BCUT2D eigenvalue weighted by Gasteiger charge is 2.50. The Hall–Kier alpha value is -5.77. The topological polar surface area (TPSA) is 147 Å². The fourth-order valence-electron chi connectivity index (χ4n) is 10.0. The Bertz CT molecular complexity index is 2580. The van der Waals surface area contributed by atoms with E-state index in [1.807, 2.05) is 50.4 Å². The lowest BCUT2D eigenvalue weighted by atomic mass is 9.77. The monoisotopic (exact) mass is 866 g/mol. The number of likely N-dealkylation sites (tertiary alicyclic amines) is 1. The number of amides is 4. The molecular weight excluding hydrogens is 818 g/mol. The molecule has 16 heteroatoms. The molecule has 5 aromatic rings. The number of nitrogens with zero attached hydrogens (tertiary/aromatic N) is 5. The van der Waals surface area contributed by atoms with Gasteiger partial charge in [0.25, 0.3) is 0 Å². The van der Waals surface area contributed by atoms with Gasteiger partial charge in [0.05, 0.1) is 23.2 Å². The molecular formula is C46H49ClF2N8O5. The van der Waals surface area contributed by atoms with Crippen molar-refractivity contribution >= 4 is 51.9 Å². The number of anilines is 2. The second-order valence-corrected chi connectivity index (χ2v) is 17.1. The zero-order valence-electron chi connectivity index (χ0n) is 34.8. The Morgan fingerprint density at radius 1 is 1.00 bits per heavy atom. The van der Waals surface area contributed by atoms with Crippen LogP contribution in [0, 0.1) is 11.6 Å². The van der Waals surface area contributed by atoms with Crippen LogP contribution >= 0.6 is 11.6 Å². The minimum atomic E-state index is -1.02. The van der Waals surface area contributed by atoms with Crippen LogP contribution in [0.1, 0.15) is 66.4 Å². The Kier molecular flexibility index (Phi) is 11.1. The molecule has 13 nitrogen and oxygen atoms in total. The third kappa shape index (κ3) is 7.19. The van der Waals surface area contributed by atoms with E-state index in [2.05, 4.69) is 37.7 Å². The first kappa shape index (κ1) is 41.6. The molecule has 62 heavy (non-hydrogen) atoms. The number of hydrogen-bond donors (Lipinski definition) is 3. The SMILES string of the molecule is COc1ccc(C(N)=O)c(-c2c(Cl)c(F)cc3c2[C@H](C)[C@@](CNC2CCN(C4CCN(c5ccc6c(N7CCC(=O)NC7=O)nn(C)c6c5)CC4)CC2)(c2ccccc2)O3)c1F. The number of imide groups is 1. The van der Waals surface area contributed by atoms with Crippen LogP contribution in [0.5, 0.6) is 11.5 Å². The third-order valence-corrected chi connectivity index (χ3v) is 13.8. The van der Waals surface area contributed by atoms with Gasteiger partial charge in [0, 0.05) is 91.5 Å². The zero-order valence-corrected chi connectivity index (χ0v) is 35.6. The Morgan fingerprint density at radius 2 is 1.74 bits per heavy atom. The van der Waals surface area contributed by atoms with Gasteiger partial charge >= 0.3 is 6.03 Å². The summed E-state index contributed by atoms with van der Waals surface area (Å²) in [7, 11) is 3.18. The van der Waals surface area contributed by atoms with E-state index in [4.69, 9.17) is 26.8 Å². The van der Waals surface area contributed by atoms with Crippen LogP contribution < -0.4 is 35.6 Å². The van der Waals surface area contributed by atoms with Crippen molar-refractivity contribution in [3.63, 3.8) is 0 Å². The summed E-state index contributed by atoms with van der Waals surface area (Å²) in [4.78, 5) is 43.5. The fraction of sp³-hybridized carbons (Fsp3) is 0.391. The minimum absolute atomic E-state index is 0.0196. The average Bonchev–Trinajstić information content (AvgIpc) is 3.76. The third-order valence-electron chi connectivity index (χ3n) is 13.4. The highest BCUT2D eigenvalue weighted by Crippen LogP contribution is 2.56. The van der Waals surface area contributed by atoms with E-state index in [0.29, 0.717) is 30.5 Å². The number of benzene rings is 4. The van der Waals surface area contributed by atoms with Crippen LogP contribution in [0.4, 0.5) is 25.1 Å². The standard InChI is InChI=1S/C46H49ClF2N8O5/c1-26-38-36(24-33(48)41(47)40(38)39-32(43(50)59)11-12-35(61-3)42(39)49)62-46(26,27-7-5-4-6-8-27)25-51-28-13-18-55(19-14-28)29-15-20-56(21-16-29)30-9-10-31-34(23-30)54(2)53-44(31)57-22-17-37(58)52-45(57)60/h4-12,23-24,26,28-29,51H,13-22,25H2,1-3H3,(H2,50,59)(H,52,58,60)/t26-,46-/m0/s1. The minimum Gasteiger partial charge on any atom is -0.494 e. The van der Waals surface area contributed by atoms with Crippen LogP contribution in [0.3, 0.4) is 0 Å². The Morgan fingerprint density at radius 3 is 2.44 bits per heavy atom. The molecule has 1 aromatic heterocycles. The van der Waals surface area contributed by atoms with Crippen LogP contribution in [-0.4, -0.2) is 91.0 Å². The van der Waals surface area contributed by atoms with Gasteiger partial charge in [-0.2, -0.15) is 5.10 Å². The number of piperidine rings is 2. The largest absolute Gasteiger partial charge is 0.494 e. The zero-order chi connectivity index (χ0) is 43.4. The van der Waals surface area contributed by atoms with E-state index in [9.17, 15) is 14.4 Å². The molecule has 5 heterocycles. The van der Waals surface area contributed by atoms with Gasteiger partial charge in [-0.05, 0) is 74.7 Å². The summed E-state index contributed by atoms with van der Waals surface area (Å²) in [6, 6.07) is 20.1. The van der Waals surface area contributed by atoms with E-state index >= 15 is 8.78 Å². The van der Waals surface area contributed by atoms with Gasteiger partial charge < -0.3 is 30.3 Å². The van der Waals surface area contributed by atoms with Crippen molar-refractivity contribution in [1.82, 2.24) is 25.3 Å². The fourth-order valence-corrected chi connectivity index (χ4v) is 10.3. The number of methoxy groups -OCH3 is 1. The molecule has 4 N–H and O–H groups in total. The number of hydrogen-bond acceptors (Lipinski definition) is 9. The molecule has 2 atom stereocenters. The number of carbonyl (C=O) groups is 3. The first-order valence-electron chi connectivity index (χ1n) is 21.1. The molecule has 4 aromatic carbocycles. The van der Waals surface area contributed by atoms with Gasteiger partial charge in [-0.15, -0.1) is 0 Å².